The first-order chi connectivity index (χ1) is 9.10. The first kappa shape index (κ1) is 14.1. The van der Waals surface area contributed by atoms with Crippen molar-refractivity contribution in [1.82, 2.24) is 0 Å². The van der Waals surface area contributed by atoms with Crippen LogP contribution in [-0.4, -0.2) is 7.05 Å². The van der Waals surface area contributed by atoms with Crippen molar-refractivity contribution in [2.24, 2.45) is 5.73 Å². The van der Waals surface area contributed by atoms with E-state index in [1.165, 1.54) is 22.4 Å². The SMILES string of the molecule is Cc1cc(N(C)Cc2ccc(Br)cc2)ccc1CN. The molecule has 0 saturated carbocycles. The molecule has 2 aromatic carbocycles. The van der Waals surface area contributed by atoms with Crippen LogP contribution in [0.1, 0.15) is 16.7 Å². The van der Waals surface area contributed by atoms with Crippen LogP contribution in [0.4, 0.5) is 5.69 Å². The summed E-state index contributed by atoms with van der Waals surface area (Å²) in [7, 11) is 2.11. The van der Waals surface area contributed by atoms with Crippen molar-refractivity contribution in [3.8, 4) is 0 Å². The van der Waals surface area contributed by atoms with Crippen LogP contribution in [0.25, 0.3) is 0 Å². The lowest BCUT2D eigenvalue weighted by Gasteiger charge is -2.20. The highest BCUT2D eigenvalue weighted by atomic mass is 79.9. The van der Waals surface area contributed by atoms with E-state index in [2.05, 4.69) is 77.3 Å². The Morgan fingerprint density at radius 2 is 1.79 bits per heavy atom. The van der Waals surface area contributed by atoms with Gasteiger partial charge in [-0.15, -0.1) is 0 Å². The number of halogens is 1. The molecule has 2 aromatic rings. The Bertz CT molecular complexity index is 549. The fourth-order valence-electron chi connectivity index (χ4n) is 2.10. The second-order valence-electron chi connectivity index (χ2n) is 4.80. The maximum absolute atomic E-state index is 5.70. The van der Waals surface area contributed by atoms with E-state index >= 15 is 0 Å². The standard InChI is InChI=1S/C16H19BrN2/c1-12-9-16(8-5-14(12)10-18)19(2)11-13-3-6-15(17)7-4-13/h3-9H,10-11,18H2,1-2H3. The van der Waals surface area contributed by atoms with Crippen LogP contribution >= 0.6 is 15.9 Å². The van der Waals surface area contributed by atoms with Crippen molar-refractivity contribution >= 4 is 21.6 Å². The third-order valence-electron chi connectivity index (χ3n) is 3.32. The predicted molar refractivity (Wildman–Crippen MR) is 85.3 cm³/mol. The molecule has 0 amide bonds. The average molecular weight is 319 g/mol. The molecule has 0 aliphatic rings. The Labute approximate surface area is 123 Å². The molecule has 100 valence electrons. The van der Waals surface area contributed by atoms with Crippen LogP contribution < -0.4 is 10.6 Å². The number of hydrogen-bond acceptors (Lipinski definition) is 2. The van der Waals surface area contributed by atoms with Crippen LogP contribution in [-0.2, 0) is 13.1 Å². The molecule has 0 aliphatic carbocycles. The summed E-state index contributed by atoms with van der Waals surface area (Å²) in [6.07, 6.45) is 0. The highest BCUT2D eigenvalue weighted by Gasteiger charge is 2.04. The monoisotopic (exact) mass is 318 g/mol. The molecule has 0 radical (unpaired) electrons. The lowest BCUT2D eigenvalue weighted by atomic mass is 10.1. The Kier molecular flexibility index (Phi) is 4.61. The highest BCUT2D eigenvalue weighted by molar-refractivity contribution is 9.10. The molecule has 0 saturated heterocycles. The zero-order chi connectivity index (χ0) is 13.8. The Hall–Kier alpha value is -1.32. The van der Waals surface area contributed by atoms with Gasteiger partial charge in [-0.3, -0.25) is 0 Å². The smallest absolute Gasteiger partial charge is 0.0426 e. The molecule has 19 heavy (non-hydrogen) atoms. The summed E-state index contributed by atoms with van der Waals surface area (Å²) in [6.45, 7) is 3.61. The molecule has 0 spiro atoms. The van der Waals surface area contributed by atoms with Crippen LogP contribution in [0.3, 0.4) is 0 Å². The average Bonchev–Trinajstić information content (AvgIpc) is 2.41. The van der Waals surface area contributed by atoms with Crippen molar-refractivity contribution < 1.29 is 0 Å². The molecule has 0 aromatic heterocycles. The molecule has 0 bridgehead atoms. The first-order valence-electron chi connectivity index (χ1n) is 6.35. The maximum atomic E-state index is 5.70. The quantitative estimate of drug-likeness (QED) is 0.927. The van der Waals surface area contributed by atoms with Crippen LogP contribution in [0.15, 0.2) is 46.9 Å². The Morgan fingerprint density at radius 1 is 1.11 bits per heavy atom. The number of benzene rings is 2. The molecular weight excluding hydrogens is 300 g/mol. The van der Waals surface area contributed by atoms with Gasteiger partial charge < -0.3 is 10.6 Å². The van der Waals surface area contributed by atoms with Gasteiger partial charge in [0.2, 0.25) is 0 Å². The van der Waals surface area contributed by atoms with Crippen molar-refractivity contribution in [3.63, 3.8) is 0 Å². The van der Waals surface area contributed by atoms with Crippen molar-refractivity contribution in [2.45, 2.75) is 20.0 Å². The number of anilines is 1. The van der Waals surface area contributed by atoms with Crippen LogP contribution in [0.2, 0.25) is 0 Å². The van der Waals surface area contributed by atoms with Crippen molar-refractivity contribution in [2.75, 3.05) is 11.9 Å². The maximum Gasteiger partial charge on any atom is 0.0426 e. The van der Waals surface area contributed by atoms with Crippen molar-refractivity contribution in [3.05, 3.63) is 63.6 Å². The molecule has 3 heteroatoms. The van der Waals surface area contributed by atoms with E-state index in [0.717, 1.165) is 11.0 Å². The van der Waals surface area contributed by atoms with Gasteiger partial charge in [0.15, 0.2) is 0 Å². The summed E-state index contributed by atoms with van der Waals surface area (Å²) >= 11 is 3.46. The fraction of sp³-hybridized carbons (Fsp3) is 0.250. The van der Waals surface area contributed by atoms with Gasteiger partial charge in [-0.2, -0.15) is 0 Å². The van der Waals surface area contributed by atoms with E-state index < -0.39 is 0 Å². The van der Waals surface area contributed by atoms with Crippen molar-refractivity contribution in [1.29, 1.82) is 0 Å². The first-order valence-corrected chi connectivity index (χ1v) is 7.14. The van der Waals surface area contributed by atoms with Gasteiger partial charge in [0.25, 0.3) is 0 Å². The van der Waals surface area contributed by atoms with E-state index in [0.29, 0.717) is 6.54 Å². The number of aryl methyl sites for hydroxylation is 1. The summed E-state index contributed by atoms with van der Waals surface area (Å²) in [5.74, 6) is 0. The summed E-state index contributed by atoms with van der Waals surface area (Å²) < 4.78 is 1.11. The molecular formula is C16H19BrN2. The minimum Gasteiger partial charge on any atom is -0.370 e. The lowest BCUT2D eigenvalue weighted by molar-refractivity contribution is 0.919. The fourth-order valence-corrected chi connectivity index (χ4v) is 2.37. The highest BCUT2D eigenvalue weighted by Crippen LogP contribution is 2.20. The number of hydrogen-bond donors (Lipinski definition) is 1. The van der Waals surface area contributed by atoms with Gasteiger partial charge in [-0.05, 0) is 47.9 Å². The molecule has 0 atom stereocenters. The molecule has 0 aliphatic heterocycles. The van der Waals surface area contributed by atoms with Gasteiger partial charge in [-0.1, -0.05) is 34.1 Å². The Morgan fingerprint density at radius 3 is 2.37 bits per heavy atom. The number of nitrogens with two attached hydrogens (primary N) is 1. The molecule has 2 nitrogen and oxygen atoms in total. The molecule has 2 N–H and O–H groups in total. The lowest BCUT2D eigenvalue weighted by Crippen LogP contribution is -2.16. The second-order valence-corrected chi connectivity index (χ2v) is 5.71. The molecule has 0 heterocycles. The van der Waals surface area contributed by atoms with E-state index in [1.54, 1.807) is 0 Å². The van der Waals surface area contributed by atoms with Gasteiger partial charge in [0.1, 0.15) is 0 Å². The van der Waals surface area contributed by atoms with Gasteiger partial charge in [-0.25, -0.2) is 0 Å². The topological polar surface area (TPSA) is 29.3 Å². The van der Waals surface area contributed by atoms with Crippen LogP contribution in [0, 0.1) is 6.92 Å². The normalized spacial score (nSPS) is 10.5. The van der Waals surface area contributed by atoms with E-state index in [-0.39, 0.29) is 0 Å². The van der Waals surface area contributed by atoms with Gasteiger partial charge >= 0.3 is 0 Å². The van der Waals surface area contributed by atoms with Gasteiger partial charge in [0, 0.05) is 30.3 Å². The molecule has 2 rings (SSSR count). The summed E-state index contributed by atoms with van der Waals surface area (Å²) in [5.41, 5.74) is 10.7. The van der Waals surface area contributed by atoms with E-state index in [9.17, 15) is 0 Å². The molecule has 0 unspecified atom stereocenters. The zero-order valence-electron chi connectivity index (χ0n) is 11.4. The summed E-state index contributed by atoms with van der Waals surface area (Å²) in [5, 5.41) is 0. The van der Waals surface area contributed by atoms with Crippen LogP contribution in [0.5, 0.6) is 0 Å². The van der Waals surface area contributed by atoms with E-state index in [1.807, 2.05) is 0 Å². The number of rotatable bonds is 4. The minimum absolute atomic E-state index is 0.600. The third-order valence-corrected chi connectivity index (χ3v) is 3.85. The van der Waals surface area contributed by atoms with E-state index in [4.69, 9.17) is 5.73 Å². The summed E-state index contributed by atoms with van der Waals surface area (Å²) in [6, 6.07) is 14.9. The second kappa shape index (κ2) is 6.22. The minimum atomic E-state index is 0.600. The number of nitrogens with zero attached hydrogens (tertiary/aromatic N) is 1. The zero-order valence-corrected chi connectivity index (χ0v) is 12.9. The third kappa shape index (κ3) is 3.58. The van der Waals surface area contributed by atoms with Gasteiger partial charge in [0.05, 0.1) is 0 Å². The summed E-state index contributed by atoms with van der Waals surface area (Å²) in [4.78, 5) is 2.25. The Balaban J connectivity index is 2.13. The molecule has 0 fully saturated rings. The largest absolute Gasteiger partial charge is 0.370 e. The predicted octanol–water partition coefficient (Wildman–Crippen LogP) is 3.85.